The highest BCUT2D eigenvalue weighted by Gasteiger charge is 2.22. The van der Waals surface area contributed by atoms with E-state index in [-0.39, 0.29) is 18.3 Å². The number of hydrogen-bond donors (Lipinski definition) is 0. The number of halogens is 2. The van der Waals surface area contributed by atoms with Crippen molar-refractivity contribution in [2.75, 3.05) is 0 Å². The average molecular weight is 473 g/mol. The molecule has 0 spiro atoms. The Morgan fingerprint density at radius 2 is 1.64 bits per heavy atom. The zero-order chi connectivity index (χ0) is 22.9. The molecule has 0 aliphatic rings. The first-order chi connectivity index (χ1) is 16.0. The van der Waals surface area contributed by atoms with Crippen LogP contribution < -0.4 is 4.74 Å². The molecule has 0 N–H and O–H groups in total. The summed E-state index contributed by atoms with van der Waals surface area (Å²) in [5.41, 5.74) is 4.23. The van der Waals surface area contributed by atoms with Gasteiger partial charge in [-0.05, 0) is 42.8 Å². The second kappa shape index (κ2) is 8.81. The Bertz CT molecular complexity index is 1520. The monoisotopic (exact) mass is 472 g/mol. The van der Waals surface area contributed by atoms with E-state index in [0.29, 0.717) is 26.8 Å². The molecule has 162 valence electrons. The van der Waals surface area contributed by atoms with Gasteiger partial charge in [0, 0.05) is 26.9 Å². The number of rotatable bonds is 5. The van der Waals surface area contributed by atoms with Crippen molar-refractivity contribution in [3.8, 4) is 17.0 Å². The second-order valence-corrected chi connectivity index (χ2v) is 8.46. The molecule has 0 radical (unpaired) electrons. The van der Waals surface area contributed by atoms with Crippen molar-refractivity contribution in [1.82, 2.24) is 9.97 Å². The Morgan fingerprint density at radius 3 is 2.42 bits per heavy atom. The van der Waals surface area contributed by atoms with Gasteiger partial charge in [0.1, 0.15) is 11.8 Å². The van der Waals surface area contributed by atoms with E-state index in [4.69, 9.17) is 27.9 Å². The highest BCUT2D eigenvalue weighted by molar-refractivity contribution is 6.31. The van der Waals surface area contributed by atoms with Crippen molar-refractivity contribution in [3.05, 3.63) is 100 Å². The Balaban J connectivity index is 1.66. The second-order valence-electron chi connectivity index (χ2n) is 7.67. The molecular formula is C27H18Cl2N2O2. The first-order valence-corrected chi connectivity index (χ1v) is 11.1. The fourth-order valence-corrected chi connectivity index (χ4v) is 4.30. The Kier molecular flexibility index (Phi) is 5.71. The minimum atomic E-state index is -0.152. The Labute approximate surface area is 200 Å². The summed E-state index contributed by atoms with van der Waals surface area (Å²) in [7, 11) is 0. The van der Waals surface area contributed by atoms with Gasteiger partial charge in [-0.1, -0.05) is 71.7 Å². The van der Waals surface area contributed by atoms with Gasteiger partial charge in [-0.3, -0.25) is 4.79 Å². The molecule has 0 bridgehead atoms. The van der Waals surface area contributed by atoms with E-state index in [1.54, 1.807) is 6.07 Å². The predicted molar refractivity (Wildman–Crippen MR) is 133 cm³/mol. The lowest BCUT2D eigenvalue weighted by atomic mass is 9.94. The van der Waals surface area contributed by atoms with Gasteiger partial charge >= 0.3 is 0 Å². The lowest BCUT2D eigenvalue weighted by Gasteiger charge is -2.17. The van der Waals surface area contributed by atoms with Gasteiger partial charge in [-0.25, -0.2) is 9.97 Å². The number of hydrogen-bond acceptors (Lipinski definition) is 4. The molecule has 4 nitrogen and oxygen atoms in total. The molecule has 6 heteroatoms. The number of fused-ring (bicyclic) bond motifs is 2. The predicted octanol–water partition coefficient (Wildman–Crippen LogP) is 7.54. The number of Topliss-reactive ketones (excluding diaryl/α,β-unsaturated/α-hetero) is 1. The van der Waals surface area contributed by atoms with E-state index >= 15 is 0 Å². The maximum absolute atomic E-state index is 12.9. The summed E-state index contributed by atoms with van der Waals surface area (Å²) < 4.78 is 6.13. The molecule has 3 aromatic carbocycles. The topological polar surface area (TPSA) is 52.1 Å². The molecule has 0 unspecified atom stereocenters. The van der Waals surface area contributed by atoms with Gasteiger partial charge in [0.05, 0.1) is 16.6 Å². The van der Waals surface area contributed by atoms with Crippen LogP contribution in [0.15, 0.2) is 78.9 Å². The van der Waals surface area contributed by atoms with Gasteiger partial charge in [-0.2, -0.15) is 0 Å². The summed E-state index contributed by atoms with van der Waals surface area (Å²) in [6.07, 6.45) is 0. The van der Waals surface area contributed by atoms with Crippen LogP contribution in [-0.4, -0.2) is 15.8 Å². The SMILES string of the molecule is CC(=O)c1c(OCc2cc3ccccc3nc2Cl)nc2ccc(Cl)cc2c1-c1ccccc1. The number of carbonyl (C=O) groups is 1. The highest BCUT2D eigenvalue weighted by Crippen LogP contribution is 2.38. The van der Waals surface area contributed by atoms with Crippen LogP contribution in [0.25, 0.3) is 32.9 Å². The molecule has 33 heavy (non-hydrogen) atoms. The largest absolute Gasteiger partial charge is 0.472 e. The van der Waals surface area contributed by atoms with Crippen LogP contribution in [0.2, 0.25) is 10.2 Å². The summed E-state index contributed by atoms with van der Waals surface area (Å²) in [5.74, 6) is 0.0985. The zero-order valence-electron chi connectivity index (χ0n) is 17.7. The third-order valence-electron chi connectivity index (χ3n) is 5.44. The number of pyridine rings is 2. The number of benzene rings is 3. The first kappa shape index (κ1) is 21.4. The molecule has 0 saturated carbocycles. The fraction of sp³-hybridized carbons (Fsp3) is 0.0741. The van der Waals surface area contributed by atoms with Crippen LogP contribution in [0, 0.1) is 0 Å². The minimum absolute atomic E-state index is 0.122. The Morgan fingerprint density at radius 1 is 0.879 bits per heavy atom. The lowest BCUT2D eigenvalue weighted by Crippen LogP contribution is -2.07. The standard InChI is InChI=1S/C27H18Cl2N2O2/c1-16(32)24-25(17-7-3-2-4-8-17)21-14-20(28)11-12-23(21)31-27(24)33-15-19-13-18-9-5-6-10-22(18)30-26(19)29/h2-14H,15H2,1H3. The van der Waals surface area contributed by atoms with Crippen molar-refractivity contribution < 1.29 is 9.53 Å². The molecule has 0 atom stereocenters. The molecule has 0 saturated heterocycles. The van der Waals surface area contributed by atoms with Crippen LogP contribution in [0.4, 0.5) is 0 Å². The fourth-order valence-electron chi connectivity index (χ4n) is 3.93. The van der Waals surface area contributed by atoms with Crippen LogP contribution >= 0.6 is 23.2 Å². The highest BCUT2D eigenvalue weighted by atomic mass is 35.5. The molecule has 0 amide bonds. The van der Waals surface area contributed by atoms with E-state index < -0.39 is 0 Å². The van der Waals surface area contributed by atoms with E-state index in [1.807, 2.05) is 72.8 Å². The number of aromatic nitrogens is 2. The van der Waals surface area contributed by atoms with Crippen LogP contribution in [0.3, 0.4) is 0 Å². The number of nitrogens with zero attached hydrogens (tertiary/aromatic N) is 2. The quantitative estimate of drug-likeness (QED) is 0.196. The number of ether oxygens (including phenoxy) is 1. The summed E-state index contributed by atoms with van der Waals surface area (Å²) in [4.78, 5) is 22.0. The average Bonchev–Trinajstić information content (AvgIpc) is 2.82. The van der Waals surface area contributed by atoms with E-state index in [2.05, 4.69) is 9.97 Å². The van der Waals surface area contributed by atoms with E-state index in [1.165, 1.54) is 6.92 Å². The molecule has 0 fully saturated rings. The summed E-state index contributed by atoms with van der Waals surface area (Å²) >= 11 is 12.7. The zero-order valence-corrected chi connectivity index (χ0v) is 19.2. The van der Waals surface area contributed by atoms with Crippen LogP contribution in [-0.2, 0) is 6.61 Å². The molecular weight excluding hydrogens is 455 g/mol. The molecule has 2 heterocycles. The van der Waals surface area contributed by atoms with Crippen molar-refractivity contribution >= 4 is 50.8 Å². The van der Waals surface area contributed by atoms with Crippen molar-refractivity contribution in [2.24, 2.45) is 0 Å². The van der Waals surface area contributed by atoms with Gasteiger partial charge in [0.25, 0.3) is 0 Å². The molecule has 2 aromatic heterocycles. The van der Waals surface area contributed by atoms with Gasteiger partial charge in [-0.15, -0.1) is 0 Å². The van der Waals surface area contributed by atoms with Crippen LogP contribution in [0.5, 0.6) is 5.88 Å². The van der Waals surface area contributed by atoms with Crippen LogP contribution in [0.1, 0.15) is 22.8 Å². The summed E-state index contributed by atoms with van der Waals surface area (Å²) in [6, 6.07) is 24.8. The number of ketones is 1. The van der Waals surface area contributed by atoms with Gasteiger partial charge < -0.3 is 4.74 Å². The lowest BCUT2D eigenvalue weighted by molar-refractivity contribution is 0.101. The van der Waals surface area contributed by atoms with Gasteiger partial charge in [0.2, 0.25) is 5.88 Å². The molecule has 0 aliphatic carbocycles. The Hall–Kier alpha value is -3.47. The smallest absolute Gasteiger partial charge is 0.225 e. The van der Waals surface area contributed by atoms with E-state index in [9.17, 15) is 4.79 Å². The molecule has 5 aromatic rings. The molecule has 0 aliphatic heterocycles. The summed E-state index contributed by atoms with van der Waals surface area (Å²) in [5, 5.41) is 2.67. The van der Waals surface area contributed by atoms with Crippen molar-refractivity contribution in [1.29, 1.82) is 0 Å². The normalized spacial score (nSPS) is 11.1. The summed E-state index contributed by atoms with van der Waals surface area (Å²) in [6.45, 7) is 1.63. The third-order valence-corrected chi connectivity index (χ3v) is 6.01. The third kappa shape index (κ3) is 4.15. The maximum Gasteiger partial charge on any atom is 0.225 e. The minimum Gasteiger partial charge on any atom is -0.472 e. The van der Waals surface area contributed by atoms with Crippen molar-refractivity contribution in [3.63, 3.8) is 0 Å². The maximum atomic E-state index is 12.9. The van der Waals surface area contributed by atoms with Gasteiger partial charge in [0.15, 0.2) is 5.78 Å². The molecule has 5 rings (SSSR count). The first-order valence-electron chi connectivity index (χ1n) is 10.4. The number of para-hydroxylation sites is 1. The van der Waals surface area contributed by atoms with Crippen molar-refractivity contribution in [2.45, 2.75) is 13.5 Å². The number of carbonyl (C=O) groups excluding carboxylic acids is 1. The van der Waals surface area contributed by atoms with E-state index in [0.717, 1.165) is 27.4 Å².